The third-order valence-electron chi connectivity index (χ3n) is 3.52. The summed E-state index contributed by atoms with van der Waals surface area (Å²) in [7, 11) is 0. The van der Waals surface area contributed by atoms with Crippen molar-refractivity contribution in [1.29, 1.82) is 0 Å². The first-order chi connectivity index (χ1) is 10.8. The van der Waals surface area contributed by atoms with Gasteiger partial charge >= 0.3 is 0 Å². The number of aromatic nitrogens is 1. The first-order valence-corrected chi connectivity index (χ1v) is 7.98. The summed E-state index contributed by atoms with van der Waals surface area (Å²) in [6, 6.07) is 15.9. The van der Waals surface area contributed by atoms with E-state index in [1.54, 1.807) is 24.1 Å². The molecule has 0 amide bonds. The van der Waals surface area contributed by atoms with Gasteiger partial charge in [0.25, 0.3) is 0 Å². The van der Waals surface area contributed by atoms with E-state index < -0.39 is 0 Å². The Hall–Kier alpha value is -2.11. The lowest BCUT2D eigenvalue weighted by molar-refractivity contribution is 0.692. The normalized spacial score (nSPS) is 12.4. The highest BCUT2D eigenvalue weighted by atomic mass is 32.2. The Labute approximate surface area is 133 Å². The summed E-state index contributed by atoms with van der Waals surface area (Å²) in [5, 5.41) is 4.18. The number of benzene rings is 2. The second-order valence-corrected chi connectivity index (χ2v) is 6.18. The Kier molecular flexibility index (Phi) is 4.56. The summed E-state index contributed by atoms with van der Waals surface area (Å²) < 4.78 is 3.43. The second-order valence-electron chi connectivity index (χ2n) is 5.27. The van der Waals surface area contributed by atoms with Crippen molar-refractivity contribution in [3.05, 3.63) is 65.2 Å². The molecule has 1 unspecified atom stereocenters. The predicted molar refractivity (Wildman–Crippen MR) is 92.4 cm³/mol. The van der Waals surface area contributed by atoms with Gasteiger partial charge in [-0.1, -0.05) is 18.2 Å². The quantitative estimate of drug-likeness (QED) is 0.508. The number of aromatic amines is 1. The second kappa shape index (κ2) is 6.77. The van der Waals surface area contributed by atoms with Crippen LogP contribution >= 0.6 is 11.9 Å². The SMILES string of the molecule is CC(Cc1c[nH]c2ccccc12)NSc1ccc(N=O)cc1. The third-order valence-corrected chi connectivity index (χ3v) is 4.55. The van der Waals surface area contributed by atoms with Gasteiger partial charge in [-0.3, -0.25) is 4.72 Å². The number of rotatable bonds is 6. The third kappa shape index (κ3) is 3.37. The van der Waals surface area contributed by atoms with Gasteiger partial charge in [-0.15, -0.1) is 4.91 Å². The summed E-state index contributed by atoms with van der Waals surface area (Å²) in [5.74, 6) is 0. The van der Waals surface area contributed by atoms with E-state index in [1.807, 2.05) is 18.2 Å². The van der Waals surface area contributed by atoms with Crippen molar-refractivity contribution in [3.8, 4) is 0 Å². The fourth-order valence-corrected chi connectivity index (χ4v) is 3.11. The van der Waals surface area contributed by atoms with Gasteiger partial charge in [0.15, 0.2) is 0 Å². The standard InChI is InChI=1S/C17H17N3OS/c1-12(20-22-15-8-6-14(19-21)7-9-15)10-13-11-18-17-5-3-2-4-16(13)17/h2-9,11-12,18,20H,10H2,1H3. The first kappa shape index (κ1) is 14.8. The Morgan fingerprint density at radius 2 is 1.95 bits per heavy atom. The van der Waals surface area contributed by atoms with E-state index in [2.05, 4.69) is 46.2 Å². The lowest BCUT2D eigenvalue weighted by Gasteiger charge is -2.12. The highest BCUT2D eigenvalue weighted by Crippen LogP contribution is 2.22. The number of nitrogens with zero attached hydrogens (tertiary/aromatic N) is 1. The Bertz CT molecular complexity index is 767. The fourth-order valence-electron chi connectivity index (χ4n) is 2.42. The van der Waals surface area contributed by atoms with E-state index >= 15 is 0 Å². The molecule has 3 rings (SSSR count). The molecule has 1 atom stereocenters. The van der Waals surface area contributed by atoms with Crippen molar-refractivity contribution >= 4 is 28.5 Å². The zero-order valence-electron chi connectivity index (χ0n) is 12.2. The maximum atomic E-state index is 10.4. The maximum Gasteiger partial charge on any atom is 0.108 e. The minimum Gasteiger partial charge on any atom is -0.361 e. The first-order valence-electron chi connectivity index (χ1n) is 7.17. The summed E-state index contributed by atoms with van der Waals surface area (Å²) in [5.41, 5.74) is 2.95. The topological polar surface area (TPSA) is 57.2 Å². The van der Waals surface area contributed by atoms with Crippen LogP contribution in [0.3, 0.4) is 0 Å². The molecule has 0 aliphatic carbocycles. The van der Waals surface area contributed by atoms with Gasteiger partial charge in [0.1, 0.15) is 5.69 Å². The smallest absolute Gasteiger partial charge is 0.108 e. The molecular formula is C17H17N3OS. The maximum absolute atomic E-state index is 10.4. The van der Waals surface area contributed by atoms with Crippen LogP contribution in [0, 0.1) is 4.91 Å². The molecule has 0 saturated carbocycles. The molecule has 0 aliphatic rings. The van der Waals surface area contributed by atoms with Gasteiger partial charge in [-0.25, -0.2) is 0 Å². The number of hydrogen-bond donors (Lipinski definition) is 2. The summed E-state index contributed by atoms with van der Waals surface area (Å²) in [4.78, 5) is 14.8. The Morgan fingerprint density at radius 1 is 1.18 bits per heavy atom. The Morgan fingerprint density at radius 3 is 2.73 bits per heavy atom. The predicted octanol–water partition coefficient (Wildman–Crippen LogP) is 4.79. The molecule has 0 spiro atoms. The van der Waals surface area contributed by atoms with Crippen molar-refractivity contribution in [1.82, 2.24) is 9.71 Å². The molecule has 0 radical (unpaired) electrons. The number of fused-ring (bicyclic) bond motifs is 1. The minimum atomic E-state index is 0.327. The van der Waals surface area contributed by atoms with E-state index in [0.717, 1.165) is 11.3 Å². The van der Waals surface area contributed by atoms with E-state index in [0.29, 0.717) is 11.7 Å². The van der Waals surface area contributed by atoms with Crippen LogP contribution < -0.4 is 4.72 Å². The van der Waals surface area contributed by atoms with Crippen LogP contribution in [-0.4, -0.2) is 11.0 Å². The van der Waals surface area contributed by atoms with Crippen molar-refractivity contribution < 1.29 is 0 Å². The molecule has 1 aromatic heterocycles. The molecule has 0 saturated heterocycles. The lowest BCUT2D eigenvalue weighted by atomic mass is 10.1. The van der Waals surface area contributed by atoms with Crippen LogP contribution in [0.2, 0.25) is 0 Å². The van der Waals surface area contributed by atoms with Crippen molar-refractivity contribution in [2.75, 3.05) is 0 Å². The van der Waals surface area contributed by atoms with Crippen molar-refractivity contribution in [3.63, 3.8) is 0 Å². The van der Waals surface area contributed by atoms with E-state index in [4.69, 9.17) is 0 Å². The summed E-state index contributed by atoms with van der Waals surface area (Å²) in [6.07, 6.45) is 3.03. The number of nitroso groups, excluding NO2 is 1. The average molecular weight is 311 g/mol. The molecule has 2 aromatic carbocycles. The molecule has 0 aliphatic heterocycles. The van der Waals surface area contributed by atoms with Gasteiger partial charge < -0.3 is 4.98 Å². The van der Waals surface area contributed by atoms with Crippen LogP contribution in [0.25, 0.3) is 10.9 Å². The highest BCUT2D eigenvalue weighted by Gasteiger charge is 2.08. The number of H-pyrrole nitrogens is 1. The summed E-state index contributed by atoms with van der Waals surface area (Å²) in [6.45, 7) is 2.16. The minimum absolute atomic E-state index is 0.327. The van der Waals surface area contributed by atoms with Gasteiger partial charge in [0, 0.05) is 28.0 Å². The molecule has 112 valence electrons. The molecule has 22 heavy (non-hydrogen) atoms. The molecule has 0 bridgehead atoms. The van der Waals surface area contributed by atoms with Crippen LogP contribution in [0.5, 0.6) is 0 Å². The zero-order chi connectivity index (χ0) is 15.4. The van der Waals surface area contributed by atoms with Crippen molar-refractivity contribution in [2.45, 2.75) is 24.3 Å². The molecule has 2 N–H and O–H groups in total. The zero-order valence-corrected chi connectivity index (χ0v) is 13.1. The molecule has 3 aromatic rings. The van der Waals surface area contributed by atoms with E-state index in [-0.39, 0.29) is 0 Å². The van der Waals surface area contributed by atoms with Crippen LogP contribution in [0.4, 0.5) is 5.69 Å². The lowest BCUT2D eigenvalue weighted by Crippen LogP contribution is -2.21. The number of nitrogens with one attached hydrogen (secondary N) is 2. The van der Waals surface area contributed by atoms with Crippen LogP contribution in [0.1, 0.15) is 12.5 Å². The largest absolute Gasteiger partial charge is 0.361 e. The van der Waals surface area contributed by atoms with E-state index in [9.17, 15) is 4.91 Å². The van der Waals surface area contributed by atoms with Gasteiger partial charge in [-0.2, -0.15) is 0 Å². The summed E-state index contributed by atoms with van der Waals surface area (Å²) >= 11 is 1.57. The molecule has 5 heteroatoms. The van der Waals surface area contributed by atoms with Gasteiger partial charge in [0.05, 0.1) is 0 Å². The van der Waals surface area contributed by atoms with Crippen molar-refractivity contribution in [2.24, 2.45) is 5.18 Å². The van der Waals surface area contributed by atoms with Gasteiger partial charge in [-0.05, 0) is 66.4 Å². The van der Waals surface area contributed by atoms with Crippen LogP contribution in [0.15, 0.2) is 64.8 Å². The van der Waals surface area contributed by atoms with Crippen LogP contribution in [-0.2, 0) is 6.42 Å². The molecule has 1 heterocycles. The number of para-hydroxylation sites is 1. The fraction of sp³-hybridized carbons (Fsp3) is 0.176. The van der Waals surface area contributed by atoms with E-state index in [1.165, 1.54) is 16.5 Å². The highest BCUT2D eigenvalue weighted by molar-refractivity contribution is 7.97. The molecule has 0 fully saturated rings. The molecular weight excluding hydrogens is 294 g/mol. The average Bonchev–Trinajstić information content (AvgIpc) is 2.97. The molecule has 4 nitrogen and oxygen atoms in total. The Balaban J connectivity index is 1.60. The van der Waals surface area contributed by atoms with Gasteiger partial charge in [0.2, 0.25) is 0 Å². The monoisotopic (exact) mass is 311 g/mol. The number of hydrogen-bond acceptors (Lipinski definition) is 4.